The molecule has 0 aromatic heterocycles. The lowest BCUT2D eigenvalue weighted by atomic mass is 9.64. The topological polar surface area (TPSA) is 29.1 Å². The highest BCUT2D eigenvalue weighted by molar-refractivity contribution is 6.35. The van der Waals surface area contributed by atoms with Gasteiger partial charge in [0.25, 0.3) is 0 Å². The Bertz CT molecular complexity index is 507. The van der Waals surface area contributed by atoms with Crippen molar-refractivity contribution in [2.75, 3.05) is 13.1 Å². The van der Waals surface area contributed by atoms with Crippen molar-refractivity contribution >= 4 is 29.0 Å². The number of fused-ring (bicyclic) bond motifs is 2. The number of benzene rings is 1. The molecule has 0 unspecified atom stereocenters. The molecule has 2 aliphatic rings. The van der Waals surface area contributed by atoms with Crippen LogP contribution >= 0.6 is 23.2 Å². The summed E-state index contributed by atoms with van der Waals surface area (Å²) in [4.78, 5) is 12.5. The molecule has 18 heavy (non-hydrogen) atoms. The molecular weight excluding hydrogens is 269 g/mol. The lowest BCUT2D eigenvalue weighted by molar-refractivity contribution is -0.126. The first-order valence-corrected chi connectivity index (χ1v) is 7.11. The van der Waals surface area contributed by atoms with Crippen LogP contribution in [0.5, 0.6) is 0 Å². The third-order valence-corrected chi connectivity index (χ3v) is 4.74. The SMILES string of the molecule is O=C1CCc2cc(Cl)cc(Cl)c2C12CCNCC2. The lowest BCUT2D eigenvalue weighted by Gasteiger charge is -2.41. The zero-order chi connectivity index (χ0) is 12.8. The molecule has 2 nitrogen and oxygen atoms in total. The fraction of sp³-hybridized carbons (Fsp3) is 0.500. The highest BCUT2D eigenvalue weighted by atomic mass is 35.5. The number of ketones is 1. The van der Waals surface area contributed by atoms with Crippen LogP contribution in [-0.4, -0.2) is 18.9 Å². The van der Waals surface area contributed by atoms with Crippen molar-refractivity contribution in [3.63, 3.8) is 0 Å². The minimum atomic E-state index is -0.361. The summed E-state index contributed by atoms with van der Waals surface area (Å²) in [6.45, 7) is 1.76. The molecule has 1 N–H and O–H groups in total. The van der Waals surface area contributed by atoms with Crippen LogP contribution in [0.3, 0.4) is 0 Å². The van der Waals surface area contributed by atoms with E-state index in [1.165, 1.54) is 0 Å². The first-order chi connectivity index (χ1) is 8.63. The Morgan fingerprint density at radius 3 is 2.56 bits per heavy atom. The maximum absolute atomic E-state index is 12.5. The Hall–Kier alpha value is -0.570. The lowest BCUT2D eigenvalue weighted by Crippen LogP contribution is -2.48. The molecule has 4 heteroatoms. The normalized spacial score (nSPS) is 22.0. The van der Waals surface area contributed by atoms with Crippen LogP contribution in [0.2, 0.25) is 10.0 Å². The average molecular weight is 284 g/mol. The molecule has 3 rings (SSSR count). The number of carbonyl (C=O) groups is 1. The molecule has 0 atom stereocenters. The van der Waals surface area contributed by atoms with Gasteiger partial charge in [0.05, 0.1) is 5.41 Å². The van der Waals surface area contributed by atoms with Crippen LogP contribution in [0.1, 0.15) is 30.4 Å². The number of hydrogen-bond acceptors (Lipinski definition) is 2. The number of halogens is 2. The van der Waals surface area contributed by atoms with Gasteiger partial charge in [-0.05, 0) is 55.6 Å². The quantitative estimate of drug-likeness (QED) is 0.793. The van der Waals surface area contributed by atoms with E-state index in [2.05, 4.69) is 5.32 Å². The minimum absolute atomic E-state index is 0.348. The molecule has 1 heterocycles. The van der Waals surface area contributed by atoms with Gasteiger partial charge in [0.1, 0.15) is 5.78 Å². The molecule has 1 aliphatic carbocycles. The number of nitrogens with one attached hydrogen (secondary N) is 1. The molecule has 1 aliphatic heterocycles. The Balaban J connectivity index is 2.19. The number of hydrogen-bond donors (Lipinski definition) is 1. The second-order valence-electron chi connectivity index (χ2n) is 5.18. The van der Waals surface area contributed by atoms with Crippen LogP contribution in [0, 0.1) is 0 Å². The summed E-state index contributed by atoms with van der Waals surface area (Å²) in [5.74, 6) is 0.348. The largest absolute Gasteiger partial charge is 0.317 e. The Morgan fingerprint density at radius 1 is 1.11 bits per heavy atom. The minimum Gasteiger partial charge on any atom is -0.317 e. The van der Waals surface area contributed by atoms with Gasteiger partial charge in [-0.2, -0.15) is 0 Å². The van der Waals surface area contributed by atoms with E-state index in [9.17, 15) is 4.79 Å². The van der Waals surface area contributed by atoms with Crippen molar-refractivity contribution < 1.29 is 4.79 Å². The fourth-order valence-electron chi connectivity index (χ4n) is 3.37. The second kappa shape index (κ2) is 4.52. The third-order valence-electron chi connectivity index (χ3n) is 4.23. The van der Waals surface area contributed by atoms with E-state index in [4.69, 9.17) is 23.2 Å². The van der Waals surface area contributed by atoms with Gasteiger partial charge in [-0.1, -0.05) is 23.2 Å². The average Bonchev–Trinajstić information content (AvgIpc) is 2.34. The fourth-order valence-corrected chi connectivity index (χ4v) is 4.09. The molecule has 1 fully saturated rings. The van der Waals surface area contributed by atoms with Crippen molar-refractivity contribution in [1.29, 1.82) is 0 Å². The van der Waals surface area contributed by atoms with E-state index in [1.54, 1.807) is 6.07 Å². The molecule has 0 bridgehead atoms. The standard InChI is InChI=1S/C14H15Cl2NO/c15-10-7-9-1-2-12(18)14(3-5-17-6-4-14)13(9)11(16)8-10/h7-8,17H,1-6H2. The Labute approximate surface area is 117 Å². The summed E-state index contributed by atoms with van der Waals surface area (Å²) in [6, 6.07) is 3.74. The highest BCUT2D eigenvalue weighted by Crippen LogP contribution is 2.45. The summed E-state index contributed by atoms with van der Waals surface area (Å²) in [7, 11) is 0. The first-order valence-electron chi connectivity index (χ1n) is 6.36. The van der Waals surface area contributed by atoms with Gasteiger partial charge in [-0.25, -0.2) is 0 Å². The molecule has 96 valence electrons. The molecule has 1 saturated heterocycles. The summed E-state index contributed by atoms with van der Waals surface area (Å²) in [5.41, 5.74) is 1.85. The number of piperidine rings is 1. The number of Topliss-reactive ketones (excluding diaryl/α,β-unsaturated/α-hetero) is 1. The molecule has 1 aromatic carbocycles. The van der Waals surface area contributed by atoms with E-state index in [0.29, 0.717) is 22.2 Å². The zero-order valence-electron chi connectivity index (χ0n) is 10.1. The number of aryl methyl sites for hydroxylation is 1. The summed E-state index contributed by atoms with van der Waals surface area (Å²) < 4.78 is 0. The molecule has 0 radical (unpaired) electrons. The number of carbonyl (C=O) groups excluding carboxylic acids is 1. The predicted octanol–water partition coefficient (Wildman–Crippen LogP) is 3.13. The first kappa shape index (κ1) is 12.5. The van der Waals surface area contributed by atoms with Gasteiger partial charge in [-0.15, -0.1) is 0 Å². The second-order valence-corrected chi connectivity index (χ2v) is 6.02. The highest BCUT2D eigenvalue weighted by Gasteiger charge is 2.45. The summed E-state index contributed by atoms with van der Waals surface area (Å²) in [6.07, 6.45) is 3.08. The smallest absolute Gasteiger partial charge is 0.143 e. The van der Waals surface area contributed by atoms with Gasteiger partial charge < -0.3 is 5.32 Å². The van der Waals surface area contributed by atoms with Gasteiger partial charge in [0.15, 0.2) is 0 Å². The molecule has 0 amide bonds. The van der Waals surface area contributed by atoms with Crippen molar-refractivity contribution in [3.05, 3.63) is 33.3 Å². The van der Waals surface area contributed by atoms with Gasteiger partial charge >= 0.3 is 0 Å². The third kappa shape index (κ3) is 1.78. The van der Waals surface area contributed by atoms with Crippen molar-refractivity contribution in [1.82, 2.24) is 5.32 Å². The summed E-state index contributed by atoms with van der Waals surface area (Å²) in [5, 5.41) is 4.64. The molecule has 0 saturated carbocycles. The van der Waals surface area contributed by atoms with E-state index in [0.717, 1.165) is 43.5 Å². The van der Waals surface area contributed by atoms with Crippen LogP contribution in [-0.2, 0) is 16.6 Å². The van der Waals surface area contributed by atoms with Crippen molar-refractivity contribution in [2.45, 2.75) is 31.1 Å². The van der Waals surface area contributed by atoms with Crippen LogP contribution in [0.4, 0.5) is 0 Å². The van der Waals surface area contributed by atoms with E-state index in [-0.39, 0.29) is 5.41 Å². The zero-order valence-corrected chi connectivity index (χ0v) is 11.6. The Kier molecular flexibility index (Phi) is 3.13. The van der Waals surface area contributed by atoms with E-state index < -0.39 is 0 Å². The van der Waals surface area contributed by atoms with Crippen molar-refractivity contribution in [3.8, 4) is 0 Å². The maximum Gasteiger partial charge on any atom is 0.143 e. The van der Waals surface area contributed by atoms with Gasteiger partial charge in [0, 0.05) is 16.5 Å². The number of rotatable bonds is 0. The van der Waals surface area contributed by atoms with Gasteiger partial charge in [-0.3, -0.25) is 4.79 Å². The Morgan fingerprint density at radius 2 is 1.83 bits per heavy atom. The van der Waals surface area contributed by atoms with E-state index >= 15 is 0 Å². The molecule has 1 spiro atoms. The van der Waals surface area contributed by atoms with Gasteiger partial charge in [0.2, 0.25) is 0 Å². The maximum atomic E-state index is 12.5. The summed E-state index contributed by atoms with van der Waals surface area (Å²) >= 11 is 12.4. The predicted molar refractivity (Wildman–Crippen MR) is 73.6 cm³/mol. The molecular formula is C14H15Cl2NO. The van der Waals surface area contributed by atoms with Crippen LogP contribution in [0.25, 0.3) is 0 Å². The molecule has 1 aromatic rings. The van der Waals surface area contributed by atoms with E-state index in [1.807, 2.05) is 6.07 Å². The van der Waals surface area contributed by atoms with Crippen molar-refractivity contribution in [2.24, 2.45) is 0 Å². The van der Waals surface area contributed by atoms with Crippen LogP contribution < -0.4 is 5.32 Å². The van der Waals surface area contributed by atoms with Crippen LogP contribution in [0.15, 0.2) is 12.1 Å². The monoisotopic (exact) mass is 283 g/mol.